The number of rotatable bonds is 7. The summed E-state index contributed by atoms with van der Waals surface area (Å²) in [7, 11) is 1.48. The van der Waals surface area contributed by atoms with E-state index in [2.05, 4.69) is 0 Å². The van der Waals surface area contributed by atoms with Crippen LogP contribution in [-0.2, 0) is 20.9 Å². The average Bonchev–Trinajstić information content (AvgIpc) is 2.66. The van der Waals surface area contributed by atoms with Crippen molar-refractivity contribution in [2.75, 3.05) is 13.7 Å². The summed E-state index contributed by atoms with van der Waals surface area (Å²) in [6.45, 7) is -0.421. The minimum absolute atomic E-state index is 0.0572. The number of nitro groups is 1. The van der Waals surface area contributed by atoms with E-state index in [0.29, 0.717) is 11.1 Å². The average molecular weight is 372 g/mol. The van der Waals surface area contributed by atoms with Gasteiger partial charge in [-0.25, -0.2) is 9.18 Å². The van der Waals surface area contributed by atoms with E-state index in [0.717, 1.165) is 6.08 Å². The molecule has 0 radical (unpaired) electrons. The summed E-state index contributed by atoms with van der Waals surface area (Å²) in [5, 5.41) is 10.6. The van der Waals surface area contributed by atoms with Gasteiger partial charge in [-0.3, -0.25) is 14.9 Å². The van der Waals surface area contributed by atoms with Crippen molar-refractivity contribution in [1.82, 2.24) is 4.90 Å². The van der Waals surface area contributed by atoms with Crippen LogP contribution >= 0.6 is 0 Å². The molecule has 0 heterocycles. The van der Waals surface area contributed by atoms with Crippen LogP contribution in [0.15, 0.2) is 54.6 Å². The minimum Gasteiger partial charge on any atom is -0.452 e. The monoisotopic (exact) mass is 372 g/mol. The molecule has 0 spiro atoms. The Morgan fingerprint density at radius 1 is 1.19 bits per heavy atom. The van der Waals surface area contributed by atoms with Crippen LogP contribution in [0.4, 0.5) is 10.1 Å². The maximum Gasteiger partial charge on any atom is 0.331 e. The molecule has 1 amide bonds. The number of non-ortho nitro benzene ring substituents is 1. The van der Waals surface area contributed by atoms with Crippen LogP contribution in [0.1, 0.15) is 11.1 Å². The molecular weight excluding hydrogens is 355 g/mol. The van der Waals surface area contributed by atoms with E-state index < -0.39 is 29.2 Å². The van der Waals surface area contributed by atoms with Crippen molar-refractivity contribution in [2.45, 2.75) is 6.54 Å². The fourth-order valence-corrected chi connectivity index (χ4v) is 2.13. The fourth-order valence-electron chi connectivity index (χ4n) is 2.13. The quantitative estimate of drug-likeness (QED) is 0.323. The van der Waals surface area contributed by atoms with Crippen molar-refractivity contribution in [2.24, 2.45) is 0 Å². The molecule has 0 aliphatic heterocycles. The number of hydrogen-bond acceptors (Lipinski definition) is 5. The predicted octanol–water partition coefficient (Wildman–Crippen LogP) is 2.95. The van der Waals surface area contributed by atoms with Crippen LogP contribution in [-0.4, -0.2) is 35.4 Å². The summed E-state index contributed by atoms with van der Waals surface area (Å²) in [4.78, 5) is 35.0. The molecule has 2 rings (SSSR count). The molecule has 0 aromatic heterocycles. The smallest absolute Gasteiger partial charge is 0.331 e. The standard InChI is InChI=1S/C19H17FN2O5/c1-21(12-15-4-2-3-5-17(15)20)18(23)13-27-19(24)11-8-14-6-9-16(10-7-14)22(25)26/h2-11H,12-13H2,1H3/b11-8+. The molecule has 0 aliphatic carbocycles. The van der Waals surface area contributed by atoms with E-state index >= 15 is 0 Å². The molecule has 27 heavy (non-hydrogen) atoms. The Labute approximate surface area is 154 Å². The number of nitrogens with zero attached hydrogens (tertiary/aromatic N) is 2. The first kappa shape index (κ1) is 19.8. The van der Waals surface area contributed by atoms with Gasteiger partial charge in [-0.2, -0.15) is 0 Å². The van der Waals surface area contributed by atoms with Gasteiger partial charge in [-0.05, 0) is 29.8 Å². The van der Waals surface area contributed by atoms with Crippen LogP contribution in [0, 0.1) is 15.9 Å². The zero-order valence-electron chi connectivity index (χ0n) is 14.5. The van der Waals surface area contributed by atoms with Gasteiger partial charge in [0.15, 0.2) is 6.61 Å². The van der Waals surface area contributed by atoms with Crippen molar-refractivity contribution in [3.05, 3.63) is 81.7 Å². The van der Waals surface area contributed by atoms with Crippen LogP contribution in [0.5, 0.6) is 0 Å². The molecular formula is C19H17FN2O5. The molecule has 140 valence electrons. The zero-order valence-corrected chi connectivity index (χ0v) is 14.5. The molecule has 2 aromatic rings. The summed E-state index contributed by atoms with van der Waals surface area (Å²) in [5.74, 6) is -1.63. The van der Waals surface area contributed by atoms with E-state index in [-0.39, 0.29) is 12.2 Å². The van der Waals surface area contributed by atoms with Crippen LogP contribution in [0.25, 0.3) is 6.08 Å². The molecule has 0 N–H and O–H groups in total. The topological polar surface area (TPSA) is 89.8 Å². The molecule has 0 atom stereocenters. The number of carbonyl (C=O) groups is 2. The zero-order chi connectivity index (χ0) is 19.8. The molecule has 0 unspecified atom stereocenters. The number of amides is 1. The molecule has 0 aliphatic rings. The maximum absolute atomic E-state index is 13.6. The number of carbonyl (C=O) groups excluding carboxylic acids is 2. The van der Waals surface area contributed by atoms with Crippen molar-refractivity contribution in [3.8, 4) is 0 Å². The normalized spacial score (nSPS) is 10.6. The minimum atomic E-state index is -0.735. The van der Waals surface area contributed by atoms with Gasteiger partial charge < -0.3 is 9.64 Å². The second kappa shape index (κ2) is 9.23. The Balaban J connectivity index is 1.82. The number of nitro benzene ring substituents is 1. The Morgan fingerprint density at radius 2 is 1.85 bits per heavy atom. The van der Waals surface area contributed by atoms with Gasteiger partial charge in [0.1, 0.15) is 5.82 Å². The molecule has 7 nitrogen and oxygen atoms in total. The third kappa shape index (κ3) is 6.03. The lowest BCUT2D eigenvalue weighted by Crippen LogP contribution is -2.30. The van der Waals surface area contributed by atoms with Gasteiger partial charge >= 0.3 is 5.97 Å². The Kier molecular flexibility index (Phi) is 6.76. The summed E-state index contributed by atoms with van der Waals surface area (Å²) in [5.41, 5.74) is 0.872. The number of ether oxygens (including phenoxy) is 1. The van der Waals surface area contributed by atoms with E-state index in [1.807, 2.05) is 0 Å². The highest BCUT2D eigenvalue weighted by Gasteiger charge is 2.13. The van der Waals surface area contributed by atoms with Crippen molar-refractivity contribution < 1.29 is 23.6 Å². The number of halogens is 1. The van der Waals surface area contributed by atoms with Crippen molar-refractivity contribution >= 4 is 23.6 Å². The highest BCUT2D eigenvalue weighted by Crippen LogP contribution is 2.13. The maximum atomic E-state index is 13.6. The SMILES string of the molecule is CN(Cc1ccccc1F)C(=O)COC(=O)/C=C/c1ccc([N+](=O)[O-])cc1. The van der Waals surface area contributed by atoms with Gasteiger partial charge in [0.2, 0.25) is 0 Å². The van der Waals surface area contributed by atoms with Crippen LogP contribution in [0.3, 0.4) is 0 Å². The van der Waals surface area contributed by atoms with E-state index in [9.17, 15) is 24.1 Å². The lowest BCUT2D eigenvalue weighted by molar-refractivity contribution is -0.384. The Hall–Kier alpha value is -3.55. The van der Waals surface area contributed by atoms with Crippen LogP contribution in [0.2, 0.25) is 0 Å². The Bertz CT molecular complexity index is 865. The molecule has 0 bridgehead atoms. The predicted molar refractivity (Wildman–Crippen MR) is 96.0 cm³/mol. The molecule has 8 heteroatoms. The highest BCUT2D eigenvalue weighted by molar-refractivity contribution is 5.89. The lowest BCUT2D eigenvalue weighted by atomic mass is 10.2. The molecule has 0 fully saturated rings. The lowest BCUT2D eigenvalue weighted by Gasteiger charge is -2.17. The van der Waals surface area contributed by atoms with Gasteiger partial charge in [0, 0.05) is 37.4 Å². The van der Waals surface area contributed by atoms with Gasteiger partial charge in [-0.15, -0.1) is 0 Å². The van der Waals surface area contributed by atoms with E-state index in [4.69, 9.17) is 4.74 Å². The van der Waals surface area contributed by atoms with Crippen molar-refractivity contribution in [3.63, 3.8) is 0 Å². The largest absolute Gasteiger partial charge is 0.452 e. The third-order valence-corrected chi connectivity index (χ3v) is 3.64. The summed E-state index contributed by atoms with van der Waals surface area (Å²) in [6.07, 6.45) is 2.53. The van der Waals surface area contributed by atoms with E-state index in [1.165, 1.54) is 48.4 Å². The van der Waals surface area contributed by atoms with Gasteiger partial charge in [-0.1, -0.05) is 18.2 Å². The summed E-state index contributed by atoms with van der Waals surface area (Å²) >= 11 is 0. The first-order valence-electron chi connectivity index (χ1n) is 7.93. The number of esters is 1. The number of benzene rings is 2. The summed E-state index contributed by atoms with van der Waals surface area (Å²) in [6, 6.07) is 11.7. The van der Waals surface area contributed by atoms with Crippen LogP contribution < -0.4 is 0 Å². The molecule has 0 saturated carbocycles. The molecule has 2 aromatic carbocycles. The Morgan fingerprint density at radius 3 is 2.48 bits per heavy atom. The second-order valence-electron chi connectivity index (χ2n) is 5.63. The fraction of sp³-hybridized carbons (Fsp3) is 0.158. The highest BCUT2D eigenvalue weighted by atomic mass is 19.1. The first-order valence-corrected chi connectivity index (χ1v) is 7.93. The molecule has 0 saturated heterocycles. The number of hydrogen-bond donors (Lipinski definition) is 0. The summed E-state index contributed by atoms with van der Waals surface area (Å²) < 4.78 is 18.4. The third-order valence-electron chi connectivity index (χ3n) is 3.64. The van der Waals surface area contributed by atoms with E-state index in [1.54, 1.807) is 18.2 Å². The first-order chi connectivity index (χ1) is 12.9. The van der Waals surface area contributed by atoms with Gasteiger partial charge in [0.25, 0.3) is 11.6 Å². The van der Waals surface area contributed by atoms with Crippen molar-refractivity contribution in [1.29, 1.82) is 0 Å². The van der Waals surface area contributed by atoms with Gasteiger partial charge in [0.05, 0.1) is 4.92 Å². The number of likely N-dealkylation sites (N-methyl/N-ethyl adjacent to an activating group) is 1. The second-order valence-corrected chi connectivity index (χ2v) is 5.63.